The van der Waals surface area contributed by atoms with Gasteiger partial charge in [-0.15, -0.1) is 0 Å². The van der Waals surface area contributed by atoms with Crippen LogP contribution in [0.5, 0.6) is 0 Å². The van der Waals surface area contributed by atoms with Gasteiger partial charge in [0.05, 0.1) is 32.6 Å². The zero-order valence-corrected chi connectivity index (χ0v) is 9.05. The van der Waals surface area contributed by atoms with Crippen LogP contribution in [0.3, 0.4) is 0 Å². The van der Waals surface area contributed by atoms with Crippen LogP contribution in [-0.2, 0) is 16.0 Å². The number of carbonyl (C=O) groups is 1. The topological polar surface area (TPSA) is 99.6 Å². The molecule has 90 valence electrons. The van der Waals surface area contributed by atoms with Crippen molar-refractivity contribution < 1.29 is 19.4 Å². The van der Waals surface area contributed by atoms with Crippen molar-refractivity contribution in [3.05, 3.63) is 11.8 Å². The Morgan fingerprint density at radius 3 is 2.88 bits per heavy atom. The van der Waals surface area contributed by atoms with E-state index in [9.17, 15) is 4.79 Å². The molecule has 1 heterocycles. The molecular formula is C9H15N3O4. The molecule has 7 nitrogen and oxygen atoms in total. The number of nitrogens with two attached hydrogens (primary N) is 1. The SMILES string of the molecule is COCCOCCn1ncc(C(=O)O)c1N. The highest BCUT2D eigenvalue weighted by molar-refractivity contribution is 5.92. The minimum absolute atomic E-state index is 0.0110. The van der Waals surface area contributed by atoms with Crippen LogP contribution >= 0.6 is 0 Å². The third-order valence-electron chi connectivity index (χ3n) is 1.99. The molecule has 16 heavy (non-hydrogen) atoms. The maximum absolute atomic E-state index is 10.7. The molecule has 0 aliphatic heterocycles. The quantitative estimate of drug-likeness (QED) is 0.629. The summed E-state index contributed by atoms with van der Waals surface area (Å²) in [5, 5.41) is 12.6. The molecule has 0 fully saturated rings. The standard InChI is InChI=1S/C9H15N3O4/c1-15-4-5-16-3-2-12-8(10)7(6-11-12)9(13)14/h6H,2-5,10H2,1H3,(H,13,14). The Balaban J connectivity index is 2.40. The lowest BCUT2D eigenvalue weighted by Gasteiger charge is -2.05. The Bertz CT molecular complexity index is 351. The molecule has 0 aliphatic rings. The summed E-state index contributed by atoms with van der Waals surface area (Å²) in [6, 6.07) is 0. The van der Waals surface area contributed by atoms with Crippen LogP contribution in [-0.4, -0.2) is 47.8 Å². The molecule has 0 amide bonds. The number of carboxylic acids is 1. The molecule has 1 aromatic heterocycles. The molecule has 0 saturated heterocycles. The van der Waals surface area contributed by atoms with E-state index in [1.165, 1.54) is 10.9 Å². The summed E-state index contributed by atoms with van der Waals surface area (Å²) in [4.78, 5) is 10.7. The average molecular weight is 229 g/mol. The minimum atomic E-state index is -1.08. The smallest absolute Gasteiger partial charge is 0.341 e. The molecule has 1 rings (SSSR count). The van der Waals surface area contributed by atoms with E-state index in [4.69, 9.17) is 20.3 Å². The highest BCUT2D eigenvalue weighted by Gasteiger charge is 2.13. The van der Waals surface area contributed by atoms with Gasteiger partial charge in [-0.25, -0.2) is 9.48 Å². The number of nitrogens with zero attached hydrogens (tertiary/aromatic N) is 2. The number of anilines is 1. The van der Waals surface area contributed by atoms with Gasteiger partial charge in [0.15, 0.2) is 0 Å². The van der Waals surface area contributed by atoms with Gasteiger partial charge in [-0.05, 0) is 0 Å². The lowest BCUT2D eigenvalue weighted by Crippen LogP contribution is -2.13. The monoisotopic (exact) mass is 229 g/mol. The molecule has 0 aromatic carbocycles. The minimum Gasteiger partial charge on any atom is -0.477 e. The zero-order chi connectivity index (χ0) is 12.0. The van der Waals surface area contributed by atoms with Crippen molar-refractivity contribution in [2.75, 3.05) is 32.7 Å². The molecule has 1 aromatic rings. The summed E-state index contributed by atoms with van der Waals surface area (Å²) < 4.78 is 11.4. The van der Waals surface area contributed by atoms with E-state index in [1.807, 2.05) is 0 Å². The summed E-state index contributed by atoms with van der Waals surface area (Å²) in [5.74, 6) is -0.938. The van der Waals surface area contributed by atoms with Crippen LogP contribution in [0.15, 0.2) is 6.20 Å². The van der Waals surface area contributed by atoms with Crippen molar-refractivity contribution >= 4 is 11.8 Å². The van der Waals surface area contributed by atoms with Crippen LogP contribution in [0.2, 0.25) is 0 Å². The van der Waals surface area contributed by atoms with Crippen LogP contribution < -0.4 is 5.73 Å². The number of nitrogen functional groups attached to an aromatic ring is 1. The van der Waals surface area contributed by atoms with Crippen LogP contribution in [0.4, 0.5) is 5.82 Å². The van der Waals surface area contributed by atoms with Crippen LogP contribution in [0.25, 0.3) is 0 Å². The van der Waals surface area contributed by atoms with Gasteiger partial charge in [0.25, 0.3) is 0 Å². The largest absolute Gasteiger partial charge is 0.477 e. The van der Waals surface area contributed by atoms with Gasteiger partial charge in [-0.3, -0.25) is 0 Å². The fraction of sp³-hybridized carbons (Fsp3) is 0.556. The number of rotatable bonds is 7. The van der Waals surface area contributed by atoms with Gasteiger partial charge >= 0.3 is 5.97 Å². The summed E-state index contributed by atoms with van der Waals surface area (Å²) in [6.45, 7) is 1.84. The second-order valence-corrected chi connectivity index (χ2v) is 3.08. The lowest BCUT2D eigenvalue weighted by molar-refractivity contribution is 0.0655. The van der Waals surface area contributed by atoms with Crippen LogP contribution in [0.1, 0.15) is 10.4 Å². The third-order valence-corrected chi connectivity index (χ3v) is 1.99. The Hall–Kier alpha value is -1.60. The average Bonchev–Trinajstić information content (AvgIpc) is 2.60. The fourth-order valence-electron chi connectivity index (χ4n) is 1.13. The van der Waals surface area contributed by atoms with Crippen molar-refractivity contribution in [2.24, 2.45) is 0 Å². The van der Waals surface area contributed by atoms with Gasteiger partial charge in [0, 0.05) is 7.11 Å². The molecule has 0 bridgehead atoms. The Morgan fingerprint density at radius 1 is 1.56 bits per heavy atom. The molecule has 0 spiro atoms. The van der Waals surface area contributed by atoms with Crippen molar-refractivity contribution in [2.45, 2.75) is 6.54 Å². The maximum atomic E-state index is 10.7. The van der Waals surface area contributed by atoms with E-state index in [2.05, 4.69) is 5.10 Å². The van der Waals surface area contributed by atoms with E-state index in [1.54, 1.807) is 7.11 Å². The number of hydrogen-bond donors (Lipinski definition) is 2. The van der Waals surface area contributed by atoms with Crippen LogP contribution in [0, 0.1) is 0 Å². The number of methoxy groups -OCH3 is 1. The molecule has 0 atom stereocenters. The Labute approximate surface area is 92.8 Å². The van der Waals surface area contributed by atoms with Crippen molar-refractivity contribution in [1.82, 2.24) is 9.78 Å². The van der Waals surface area contributed by atoms with E-state index in [-0.39, 0.29) is 11.4 Å². The second-order valence-electron chi connectivity index (χ2n) is 3.08. The molecule has 0 unspecified atom stereocenters. The summed E-state index contributed by atoms with van der Waals surface area (Å²) in [7, 11) is 1.59. The molecule has 0 saturated carbocycles. The first-order chi connectivity index (χ1) is 7.66. The number of carboxylic acid groups (broad SMARTS) is 1. The van der Waals surface area contributed by atoms with Crippen molar-refractivity contribution in [3.8, 4) is 0 Å². The van der Waals surface area contributed by atoms with Gasteiger partial charge < -0.3 is 20.3 Å². The van der Waals surface area contributed by atoms with Crippen molar-refractivity contribution in [1.29, 1.82) is 0 Å². The fourth-order valence-corrected chi connectivity index (χ4v) is 1.13. The predicted molar refractivity (Wildman–Crippen MR) is 56.3 cm³/mol. The predicted octanol–water partition coefficient (Wildman–Crippen LogP) is -0.173. The summed E-state index contributed by atoms with van der Waals surface area (Å²) in [6.07, 6.45) is 1.23. The van der Waals surface area contributed by atoms with Gasteiger partial charge in [0.1, 0.15) is 11.4 Å². The maximum Gasteiger partial charge on any atom is 0.341 e. The van der Waals surface area contributed by atoms with Gasteiger partial charge in [0.2, 0.25) is 0 Å². The highest BCUT2D eigenvalue weighted by Crippen LogP contribution is 2.10. The zero-order valence-electron chi connectivity index (χ0n) is 9.05. The molecule has 0 aliphatic carbocycles. The van der Waals surface area contributed by atoms with Gasteiger partial charge in [-0.2, -0.15) is 5.10 Å². The first kappa shape index (κ1) is 12.5. The number of hydrogen-bond acceptors (Lipinski definition) is 5. The van der Waals surface area contributed by atoms with Crippen molar-refractivity contribution in [3.63, 3.8) is 0 Å². The molecular weight excluding hydrogens is 214 g/mol. The number of ether oxygens (including phenoxy) is 2. The van der Waals surface area contributed by atoms with E-state index >= 15 is 0 Å². The Kier molecular flexibility index (Phi) is 4.74. The highest BCUT2D eigenvalue weighted by atomic mass is 16.5. The second kappa shape index (κ2) is 6.09. The molecule has 3 N–H and O–H groups in total. The van der Waals surface area contributed by atoms with Gasteiger partial charge in [-0.1, -0.05) is 0 Å². The first-order valence-electron chi connectivity index (χ1n) is 4.78. The first-order valence-corrected chi connectivity index (χ1v) is 4.78. The summed E-state index contributed by atoms with van der Waals surface area (Å²) >= 11 is 0. The van der Waals surface area contributed by atoms with E-state index in [0.29, 0.717) is 26.4 Å². The third kappa shape index (κ3) is 3.21. The molecule has 0 radical (unpaired) electrons. The lowest BCUT2D eigenvalue weighted by atomic mass is 10.3. The summed E-state index contributed by atoms with van der Waals surface area (Å²) in [5.41, 5.74) is 5.60. The van der Waals surface area contributed by atoms with E-state index < -0.39 is 5.97 Å². The number of aromatic nitrogens is 2. The van der Waals surface area contributed by atoms with E-state index in [0.717, 1.165) is 0 Å². The Morgan fingerprint density at radius 2 is 2.31 bits per heavy atom. The number of aromatic carboxylic acids is 1. The molecule has 7 heteroatoms. The normalized spacial score (nSPS) is 10.6.